The zero-order chi connectivity index (χ0) is 13.0. The Labute approximate surface area is 110 Å². The largest absolute Gasteiger partial charge is 0.359 e. The van der Waals surface area contributed by atoms with Crippen LogP contribution in [0.1, 0.15) is 38.2 Å². The van der Waals surface area contributed by atoms with Gasteiger partial charge in [0.15, 0.2) is 0 Å². The molecule has 0 aromatic carbocycles. The number of rotatable bonds is 5. The summed E-state index contributed by atoms with van der Waals surface area (Å²) in [6, 6.07) is 4.47. The molecule has 0 aliphatic heterocycles. The van der Waals surface area contributed by atoms with Crippen LogP contribution in [0.15, 0.2) is 18.3 Å². The van der Waals surface area contributed by atoms with Gasteiger partial charge < -0.3 is 10.6 Å². The summed E-state index contributed by atoms with van der Waals surface area (Å²) >= 11 is 0. The van der Waals surface area contributed by atoms with E-state index in [1.54, 1.807) is 0 Å². The molecule has 3 heteroatoms. The van der Waals surface area contributed by atoms with Crippen molar-refractivity contribution in [1.29, 1.82) is 0 Å². The maximum Gasteiger partial charge on any atom is 0.128 e. The van der Waals surface area contributed by atoms with Crippen LogP contribution in [-0.2, 0) is 6.42 Å². The van der Waals surface area contributed by atoms with E-state index in [1.165, 1.54) is 31.2 Å². The quantitative estimate of drug-likeness (QED) is 0.869. The lowest BCUT2D eigenvalue weighted by molar-refractivity contribution is 0.545. The number of aromatic nitrogens is 1. The Morgan fingerprint density at radius 3 is 2.67 bits per heavy atom. The molecule has 1 aliphatic carbocycles. The van der Waals surface area contributed by atoms with Gasteiger partial charge in [-0.3, -0.25) is 0 Å². The van der Waals surface area contributed by atoms with Crippen molar-refractivity contribution in [3.8, 4) is 0 Å². The fourth-order valence-corrected chi connectivity index (χ4v) is 2.81. The van der Waals surface area contributed by atoms with E-state index in [4.69, 9.17) is 5.73 Å². The molecule has 1 aromatic heterocycles. The summed E-state index contributed by atoms with van der Waals surface area (Å²) in [5, 5.41) is 0. The number of nitrogens with two attached hydrogens (primary N) is 1. The molecule has 1 unspecified atom stereocenters. The minimum Gasteiger partial charge on any atom is -0.359 e. The maximum atomic E-state index is 5.79. The zero-order valence-corrected chi connectivity index (χ0v) is 11.6. The molecular weight excluding hydrogens is 222 g/mol. The summed E-state index contributed by atoms with van der Waals surface area (Å²) < 4.78 is 0. The summed E-state index contributed by atoms with van der Waals surface area (Å²) in [6.07, 6.45) is 8.43. The van der Waals surface area contributed by atoms with Crippen molar-refractivity contribution in [1.82, 2.24) is 4.98 Å². The maximum absolute atomic E-state index is 5.79. The first-order valence-corrected chi connectivity index (χ1v) is 7.07. The highest BCUT2D eigenvalue weighted by Crippen LogP contribution is 2.26. The second-order valence-corrected chi connectivity index (χ2v) is 5.74. The third-order valence-corrected chi connectivity index (χ3v) is 3.76. The van der Waals surface area contributed by atoms with Crippen molar-refractivity contribution < 1.29 is 0 Å². The van der Waals surface area contributed by atoms with Crippen molar-refractivity contribution in [2.24, 2.45) is 11.7 Å². The third kappa shape index (κ3) is 3.70. The zero-order valence-electron chi connectivity index (χ0n) is 11.6. The van der Waals surface area contributed by atoms with Crippen LogP contribution in [0.4, 0.5) is 5.82 Å². The van der Waals surface area contributed by atoms with Gasteiger partial charge in [0.1, 0.15) is 5.82 Å². The van der Waals surface area contributed by atoms with Gasteiger partial charge in [-0.15, -0.1) is 0 Å². The van der Waals surface area contributed by atoms with Crippen LogP contribution in [0.5, 0.6) is 0 Å². The predicted octanol–water partition coefficient (Wildman–Crippen LogP) is 2.60. The fourth-order valence-electron chi connectivity index (χ4n) is 2.81. The lowest BCUT2D eigenvalue weighted by Crippen LogP contribution is -2.25. The van der Waals surface area contributed by atoms with Crippen molar-refractivity contribution >= 4 is 5.82 Å². The highest BCUT2D eigenvalue weighted by molar-refractivity contribution is 5.38. The van der Waals surface area contributed by atoms with Crippen molar-refractivity contribution in [2.45, 2.75) is 45.1 Å². The molecule has 2 rings (SSSR count). The molecule has 1 fully saturated rings. The second-order valence-electron chi connectivity index (χ2n) is 5.74. The Kier molecular flexibility index (Phi) is 4.59. The molecule has 0 spiro atoms. The van der Waals surface area contributed by atoms with Crippen LogP contribution in [0.25, 0.3) is 0 Å². The summed E-state index contributed by atoms with van der Waals surface area (Å²) in [5.74, 6) is 1.94. The van der Waals surface area contributed by atoms with Crippen LogP contribution in [0.2, 0.25) is 0 Å². The molecule has 0 bridgehead atoms. The predicted molar refractivity (Wildman–Crippen MR) is 76.8 cm³/mol. The third-order valence-electron chi connectivity index (χ3n) is 3.76. The summed E-state index contributed by atoms with van der Waals surface area (Å²) in [6.45, 7) is 3.17. The minimum absolute atomic E-state index is 0.203. The lowest BCUT2D eigenvalue weighted by atomic mass is 10.1. The lowest BCUT2D eigenvalue weighted by Gasteiger charge is -2.22. The molecule has 18 heavy (non-hydrogen) atoms. The van der Waals surface area contributed by atoms with Crippen LogP contribution in [-0.4, -0.2) is 24.6 Å². The van der Waals surface area contributed by atoms with Crippen LogP contribution >= 0.6 is 0 Å². The van der Waals surface area contributed by atoms with E-state index in [0.29, 0.717) is 0 Å². The number of hydrogen-bond acceptors (Lipinski definition) is 3. The molecule has 1 saturated carbocycles. The van der Waals surface area contributed by atoms with E-state index in [2.05, 4.69) is 29.1 Å². The van der Waals surface area contributed by atoms with Crippen molar-refractivity contribution in [2.75, 3.05) is 18.5 Å². The fraction of sp³-hybridized carbons (Fsp3) is 0.667. The summed E-state index contributed by atoms with van der Waals surface area (Å²) in [5.41, 5.74) is 7.02. The van der Waals surface area contributed by atoms with E-state index in [1.807, 2.05) is 13.1 Å². The smallest absolute Gasteiger partial charge is 0.128 e. The highest BCUT2D eigenvalue weighted by Gasteiger charge is 2.17. The normalized spacial score (nSPS) is 17.9. The number of pyridine rings is 1. The number of nitrogens with zero attached hydrogens (tertiary/aromatic N) is 2. The Morgan fingerprint density at radius 2 is 2.11 bits per heavy atom. The molecule has 3 nitrogen and oxygen atoms in total. The molecule has 0 amide bonds. The second kappa shape index (κ2) is 6.19. The molecular formula is C15H25N3. The Bertz CT molecular complexity index is 353. The van der Waals surface area contributed by atoms with Crippen molar-refractivity contribution in [3.63, 3.8) is 0 Å². The summed E-state index contributed by atoms with van der Waals surface area (Å²) in [7, 11) is 2.14. The van der Waals surface area contributed by atoms with Gasteiger partial charge in [0.25, 0.3) is 0 Å². The monoisotopic (exact) mass is 247 g/mol. The first-order chi connectivity index (χ1) is 8.65. The average Bonchev–Trinajstić information content (AvgIpc) is 2.82. The van der Waals surface area contributed by atoms with E-state index in [9.17, 15) is 0 Å². The molecule has 1 aromatic rings. The molecule has 0 saturated heterocycles. The Hall–Kier alpha value is -1.09. The molecule has 1 heterocycles. The van der Waals surface area contributed by atoms with Gasteiger partial charge in [0.05, 0.1) is 0 Å². The van der Waals surface area contributed by atoms with Gasteiger partial charge in [0, 0.05) is 25.8 Å². The first-order valence-electron chi connectivity index (χ1n) is 7.07. The number of anilines is 1. The van der Waals surface area contributed by atoms with E-state index < -0.39 is 0 Å². The van der Waals surface area contributed by atoms with Crippen molar-refractivity contribution in [3.05, 3.63) is 23.9 Å². The Balaban J connectivity index is 1.91. The standard InChI is InChI=1S/C15H25N3/c1-12(16)9-14-7-8-15(17-10-14)18(2)11-13-5-3-4-6-13/h7-8,10,12-13H,3-6,9,11,16H2,1-2H3. The summed E-state index contributed by atoms with van der Waals surface area (Å²) in [4.78, 5) is 6.83. The van der Waals surface area contributed by atoms with Gasteiger partial charge in [0.2, 0.25) is 0 Å². The minimum atomic E-state index is 0.203. The van der Waals surface area contributed by atoms with Gasteiger partial charge in [-0.25, -0.2) is 4.98 Å². The van der Waals surface area contributed by atoms with Gasteiger partial charge in [-0.05, 0) is 43.7 Å². The van der Waals surface area contributed by atoms with Crippen LogP contribution in [0.3, 0.4) is 0 Å². The SMILES string of the molecule is CC(N)Cc1ccc(N(C)CC2CCCC2)nc1. The molecule has 1 atom stereocenters. The molecule has 0 radical (unpaired) electrons. The molecule has 100 valence electrons. The van der Waals surface area contributed by atoms with E-state index >= 15 is 0 Å². The number of hydrogen-bond donors (Lipinski definition) is 1. The topological polar surface area (TPSA) is 42.1 Å². The average molecular weight is 247 g/mol. The van der Waals surface area contributed by atoms with Gasteiger partial charge >= 0.3 is 0 Å². The van der Waals surface area contributed by atoms with Crippen LogP contribution < -0.4 is 10.6 Å². The van der Waals surface area contributed by atoms with E-state index in [0.717, 1.165) is 24.7 Å². The van der Waals surface area contributed by atoms with Gasteiger partial charge in [-0.1, -0.05) is 18.9 Å². The first kappa shape index (κ1) is 13.3. The van der Waals surface area contributed by atoms with Crippen LogP contribution in [0, 0.1) is 5.92 Å². The van der Waals surface area contributed by atoms with Gasteiger partial charge in [-0.2, -0.15) is 0 Å². The Morgan fingerprint density at radius 1 is 1.39 bits per heavy atom. The van der Waals surface area contributed by atoms with E-state index in [-0.39, 0.29) is 6.04 Å². The highest BCUT2D eigenvalue weighted by atomic mass is 15.2. The molecule has 1 aliphatic rings. The molecule has 2 N–H and O–H groups in total.